The molecule has 2 unspecified atom stereocenters. The van der Waals surface area contributed by atoms with Crippen LogP contribution >= 0.6 is 11.6 Å². The molecule has 0 aliphatic heterocycles. The molecule has 1 saturated carbocycles. The van der Waals surface area contributed by atoms with Gasteiger partial charge in [0.2, 0.25) is 5.91 Å². The number of nitrogens with one attached hydrogen (secondary N) is 3. The maximum Gasteiger partial charge on any atom is 0.315 e. The Balaban J connectivity index is 1.83. The third kappa shape index (κ3) is 6.94. The fourth-order valence-corrected chi connectivity index (χ4v) is 3.37. The van der Waals surface area contributed by atoms with Gasteiger partial charge in [-0.3, -0.25) is 4.79 Å². The van der Waals surface area contributed by atoms with E-state index in [1.165, 1.54) is 0 Å². The van der Waals surface area contributed by atoms with Gasteiger partial charge in [0.05, 0.1) is 6.04 Å². The summed E-state index contributed by atoms with van der Waals surface area (Å²) >= 11 is 5.95. The lowest BCUT2D eigenvalue weighted by atomic mass is 9.90. The van der Waals surface area contributed by atoms with Gasteiger partial charge in [-0.15, -0.1) is 0 Å². The van der Waals surface area contributed by atoms with Crippen molar-refractivity contribution < 1.29 is 9.59 Å². The Kier molecular flexibility index (Phi) is 7.56. The fourth-order valence-electron chi connectivity index (χ4n) is 3.16. The molecule has 1 fully saturated rings. The highest BCUT2D eigenvalue weighted by Gasteiger charge is 2.27. The molecule has 3 amide bonds. The van der Waals surface area contributed by atoms with Crippen LogP contribution in [0.1, 0.15) is 51.5 Å². The molecule has 0 bridgehead atoms. The first-order chi connectivity index (χ1) is 11.9. The minimum Gasteiger partial charge on any atom is -0.351 e. The van der Waals surface area contributed by atoms with Gasteiger partial charge in [-0.1, -0.05) is 50.4 Å². The van der Waals surface area contributed by atoms with E-state index < -0.39 is 0 Å². The first kappa shape index (κ1) is 19.6. The quantitative estimate of drug-likeness (QED) is 0.720. The highest BCUT2D eigenvalue weighted by atomic mass is 35.5. The smallest absolute Gasteiger partial charge is 0.315 e. The molecule has 1 aliphatic carbocycles. The van der Waals surface area contributed by atoms with Crippen LogP contribution < -0.4 is 16.0 Å². The molecule has 1 aliphatic rings. The van der Waals surface area contributed by atoms with Crippen molar-refractivity contribution in [3.8, 4) is 0 Å². The van der Waals surface area contributed by atoms with Crippen LogP contribution in [0.3, 0.4) is 0 Å². The highest BCUT2D eigenvalue weighted by Crippen LogP contribution is 2.19. The predicted molar refractivity (Wildman–Crippen MR) is 100 cm³/mol. The van der Waals surface area contributed by atoms with Gasteiger partial charge in [-0.25, -0.2) is 4.79 Å². The minimum atomic E-state index is -0.213. The maximum atomic E-state index is 12.2. The highest BCUT2D eigenvalue weighted by molar-refractivity contribution is 6.30. The zero-order valence-electron chi connectivity index (χ0n) is 15.0. The van der Waals surface area contributed by atoms with Crippen LogP contribution in [0.2, 0.25) is 5.02 Å². The van der Waals surface area contributed by atoms with Crippen molar-refractivity contribution in [2.24, 2.45) is 5.92 Å². The molecule has 6 heteroatoms. The van der Waals surface area contributed by atoms with Gasteiger partial charge in [0.1, 0.15) is 0 Å². The van der Waals surface area contributed by atoms with Crippen LogP contribution in [0.5, 0.6) is 0 Å². The molecule has 1 aromatic rings. The first-order valence-electron chi connectivity index (χ1n) is 9.02. The van der Waals surface area contributed by atoms with Crippen molar-refractivity contribution in [3.63, 3.8) is 0 Å². The van der Waals surface area contributed by atoms with Crippen molar-refractivity contribution in [1.82, 2.24) is 16.0 Å². The molecule has 2 atom stereocenters. The maximum absolute atomic E-state index is 12.2. The van der Waals surface area contributed by atoms with Gasteiger partial charge in [0.25, 0.3) is 0 Å². The van der Waals surface area contributed by atoms with Gasteiger partial charge in [0, 0.05) is 24.0 Å². The van der Waals surface area contributed by atoms with E-state index in [9.17, 15) is 9.59 Å². The van der Waals surface area contributed by atoms with Crippen molar-refractivity contribution >= 4 is 23.5 Å². The Morgan fingerprint density at radius 3 is 2.48 bits per heavy atom. The van der Waals surface area contributed by atoms with Crippen LogP contribution in [0.25, 0.3) is 0 Å². The van der Waals surface area contributed by atoms with E-state index in [2.05, 4.69) is 16.0 Å². The lowest BCUT2D eigenvalue weighted by Crippen LogP contribution is -2.55. The average Bonchev–Trinajstić information content (AvgIpc) is 2.54. The molecule has 25 heavy (non-hydrogen) atoms. The van der Waals surface area contributed by atoms with E-state index in [1.807, 2.05) is 32.0 Å². The Labute approximate surface area is 154 Å². The van der Waals surface area contributed by atoms with Crippen molar-refractivity contribution in [2.75, 3.05) is 0 Å². The van der Waals surface area contributed by atoms with Crippen LogP contribution in [-0.2, 0) is 11.3 Å². The van der Waals surface area contributed by atoms with Crippen LogP contribution in [0, 0.1) is 5.92 Å². The van der Waals surface area contributed by atoms with Gasteiger partial charge in [-0.2, -0.15) is 0 Å². The molecule has 0 aromatic heterocycles. The second kappa shape index (κ2) is 9.66. The molecule has 0 spiro atoms. The van der Waals surface area contributed by atoms with E-state index in [1.54, 1.807) is 6.07 Å². The molecule has 5 nitrogen and oxygen atoms in total. The number of carbonyl (C=O) groups excluding carboxylic acids is 2. The topological polar surface area (TPSA) is 70.2 Å². The zero-order chi connectivity index (χ0) is 18.2. The van der Waals surface area contributed by atoms with Gasteiger partial charge < -0.3 is 16.0 Å². The second-order valence-corrected chi connectivity index (χ2v) is 7.56. The van der Waals surface area contributed by atoms with Gasteiger partial charge in [0.15, 0.2) is 0 Å². The summed E-state index contributed by atoms with van der Waals surface area (Å²) in [5.41, 5.74) is 0.952. The largest absolute Gasteiger partial charge is 0.351 e. The third-order valence-corrected chi connectivity index (χ3v) is 4.60. The van der Waals surface area contributed by atoms with E-state index in [4.69, 9.17) is 11.6 Å². The summed E-state index contributed by atoms with van der Waals surface area (Å²) in [6.07, 6.45) is 4.45. The number of carbonyl (C=O) groups is 2. The number of hydrogen-bond donors (Lipinski definition) is 3. The Morgan fingerprint density at radius 2 is 1.84 bits per heavy atom. The number of rotatable bonds is 6. The number of benzene rings is 1. The summed E-state index contributed by atoms with van der Waals surface area (Å²) in [5.74, 6) is 0.393. The van der Waals surface area contributed by atoms with Crippen molar-refractivity contribution in [3.05, 3.63) is 34.9 Å². The average molecular weight is 366 g/mol. The van der Waals surface area contributed by atoms with E-state index in [0.29, 0.717) is 23.9 Å². The van der Waals surface area contributed by atoms with Crippen LogP contribution in [0.15, 0.2) is 24.3 Å². The lowest BCUT2D eigenvalue weighted by molar-refractivity contribution is -0.122. The normalized spacial score (nSPS) is 20.2. The molecule has 138 valence electrons. The Hall–Kier alpha value is -1.75. The molecule has 0 saturated heterocycles. The summed E-state index contributed by atoms with van der Waals surface area (Å²) < 4.78 is 0. The van der Waals surface area contributed by atoms with E-state index in [0.717, 1.165) is 31.2 Å². The number of hydrogen-bond acceptors (Lipinski definition) is 2. The van der Waals surface area contributed by atoms with Crippen LogP contribution in [0.4, 0.5) is 4.79 Å². The first-order valence-corrected chi connectivity index (χ1v) is 9.40. The number of halogens is 1. The monoisotopic (exact) mass is 365 g/mol. The number of urea groups is 1. The third-order valence-electron chi connectivity index (χ3n) is 4.36. The zero-order valence-corrected chi connectivity index (χ0v) is 15.7. The number of amides is 3. The lowest BCUT2D eigenvalue weighted by Gasteiger charge is -2.33. The standard InChI is InChI=1S/C19H28ClN3O2/c1-13(2)10-18(24)22-16-8-3-4-9-17(16)23-19(25)21-12-14-6-5-7-15(20)11-14/h5-7,11,13,16-17H,3-4,8-10,12H2,1-2H3,(H,22,24)(H2,21,23,25). The van der Waals surface area contributed by atoms with Crippen molar-refractivity contribution in [2.45, 2.75) is 64.6 Å². The van der Waals surface area contributed by atoms with Crippen LogP contribution in [-0.4, -0.2) is 24.0 Å². The Morgan fingerprint density at radius 1 is 1.16 bits per heavy atom. The molecule has 3 N–H and O–H groups in total. The summed E-state index contributed by atoms with van der Waals surface area (Å²) in [4.78, 5) is 24.3. The van der Waals surface area contributed by atoms with E-state index in [-0.39, 0.29) is 24.0 Å². The summed E-state index contributed by atoms with van der Waals surface area (Å²) in [5, 5.41) is 9.61. The predicted octanol–water partition coefficient (Wildman–Crippen LogP) is 3.61. The summed E-state index contributed by atoms with van der Waals surface area (Å²) in [6.45, 7) is 4.47. The van der Waals surface area contributed by atoms with Gasteiger partial charge in [-0.05, 0) is 36.5 Å². The Bertz CT molecular complexity index is 592. The molecular formula is C19H28ClN3O2. The summed E-state index contributed by atoms with van der Waals surface area (Å²) in [7, 11) is 0. The molecule has 0 radical (unpaired) electrons. The summed E-state index contributed by atoms with van der Waals surface area (Å²) in [6, 6.07) is 7.19. The van der Waals surface area contributed by atoms with E-state index >= 15 is 0 Å². The fraction of sp³-hybridized carbons (Fsp3) is 0.579. The molecule has 2 rings (SSSR count). The SMILES string of the molecule is CC(C)CC(=O)NC1CCCCC1NC(=O)NCc1cccc(Cl)c1. The van der Waals surface area contributed by atoms with Crippen molar-refractivity contribution in [1.29, 1.82) is 0 Å². The second-order valence-electron chi connectivity index (χ2n) is 7.12. The minimum absolute atomic E-state index is 0.0110. The molecular weight excluding hydrogens is 338 g/mol. The molecule has 1 aromatic carbocycles. The van der Waals surface area contributed by atoms with Gasteiger partial charge >= 0.3 is 6.03 Å². The molecule has 0 heterocycles.